The molecule has 0 bridgehead atoms. The third kappa shape index (κ3) is 2.29. The van der Waals surface area contributed by atoms with Crippen LogP contribution in [-0.4, -0.2) is 26.9 Å². The van der Waals surface area contributed by atoms with Gasteiger partial charge in [0.25, 0.3) is 11.8 Å². The van der Waals surface area contributed by atoms with E-state index in [4.69, 9.17) is 13.8 Å². The summed E-state index contributed by atoms with van der Waals surface area (Å²) >= 11 is 0. The lowest BCUT2D eigenvalue weighted by Gasteiger charge is -2.02. The van der Waals surface area contributed by atoms with Crippen LogP contribution in [0.25, 0.3) is 22.9 Å². The van der Waals surface area contributed by atoms with E-state index in [1.165, 1.54) is 0 Å². The van der Waals surface area contributed by atoms with Gasteiger partial charge in [0, 0.05) is 6.61 Å². The smallest absolute Gasteiger partial charge is 0.258 e. The zero-order chi connectivity index (χ0) is 14.9. The number of benzene rings is 1. The van der Waals surface area contributed by atoms with E-state index in [0.29, 0.717) is 23.4 Å². The van der Waals surface area contributed by atoms with Crippen LogP contribution >= 0.6 is 0 Å². The lowest BCUT2D eigenvalue weighted by Crippen LogP contribution is -1.97. The largest absolute Gasteiger partial charge is 0.370 e. The topological polar surface area (TPSA) is 87.1 Å². The maximum Gasteiger partial charge on any atom is 0.258 e. The Hall–Kier alpha value is -2.54. The van der Waals surface area contributed by atoms with Crippen LogP contribution < -0.4 is 0 Å². The summed E-state index contributed by atoms with van der Waals surface area (Å²) in [5.74, 6) is 2.03. The van der Waals surface area contributed by atoms with E-state index in [2.05, 4.69) is 20.3 Å². The highest BCUT2D eigenvalue weighted by molar-refractivity contribution is 5.75. The summed E-state index contributed by atoms with van der Waals surface area (Å²) in [7, 11) is 0. The van der Waals surface area contributed by atoms with Gasteiger partial charge < -0.3 is 13.8 Å². The fourth-order valence-corrected chi connectivity index (χ4v) is 2.52. The summed E-state index contributed by atoms with van der Waals surface area (Å²) in [6, 6.07) is 7.58. The van der Waals surface area contributed by atoms with Crippen molar-refractivity contribution in [1.29, 1.82) is 0 Å². The van der Waals surface area contributed by atoms with E-state index in [1.54, 1.807) is 6.92 Å². The number of hydrogen-bond acceptors (Lipinski definition) is 7. The van der Waals surface area contributed by atoms with Gasteiger partial charge in [0.1, 0.15) is 6.10 Å². The second-order valence-electron chi connectivity index (χ2n) is 5.15. The molecule has 2 aromatic heterocycles. The maximum absolute atomic E-state index is 5.58. The van der Waals surface area contributed by atoms with Gasteiger partial charge in [-0.05, 0) is 31.9 Å². The molecule has 7 heteroatoms. The lowest BCUT2D eigenvalue weighted by atomic mass is 10.1. The van der Waals surface area contributed by atoms with Gasteiger partial charge >= 0.3 is 0 Å². The average molecular weight is 298 g/mol. The van der Waals surface area contributed by atoms with E-state index in [9.17, 15) is 0 Å². The van der Waals surface area contributed by atoms with Crippen LogP contribution in [-0.2, 0) is 4.74 Å². The molecule has 1 aliphatic rings. The zero-order valence-corrected chi connectivity index (χ0v) is 12.0. The van der Waals surface area contributed by atoms with Gasteiger partial charge in [-0.2, -0.15) is 9.97 Å². The molecule has 1 aliphatic heterocycles. The van der Waals surface area contributed by atoms with Gasteiger partial charge in [-0.3, -0.25) is 0 Å². The van der Waals surface area contributed by atoms with Gasteiger partial charge in [0.05, 0.1) is 11.1 Å². The Bertz CT molecular complexity index is 789. The molecule has 1 atom stereocenters. The summed E-state index contributed by atoms with van der Waals surface area (Å²) in [5, 5.41) is 7.86. The molecule has 0 N–H and O–H groups in total. The molecule has 3 aromatic rings. The molecule has 1 saturated heterocycles. The Morgan fingerprint density at radius 2 is 1.73 bits per heavy atom. The Kier molecular flexibility index (Phi) is 3.19. The Morgan fingerprint density at radius 1 is 1.00 bits per heavy atom. The summed E-state index contributed by atoms with van der Waals surface area (Å²) in [4.78, 5) is 8.72. The molecule has 0 radical (unpaired) electrons. The third-order valence-electron chi connectivity index (χ3n) is 3.57. The van der Waals surface area contributed by atoms with E-state index in [1.807, 2.05) is 24.3 Å². The van der Waals surface area contributed by atoms with Gasteiger partial charge in [0.15, 0.2) is 5.82 Å². The van der Waals surface area contributed by atoms with E-state index >= 15 is 0 Å². The monoisotopic (exact) mass is 298 g/mol. The molecule has 22 heavy (non-hydrogen) atoms. The van der Waals surface area contributed by atoms with Crippen molar-refractivity contribution >= 4 is 0 Å². The zero-order valence-electron chi connectivity index (χ0n) is 12.0. The second kappa shape index (κ2) is 5.34. The van der Waals surface area contributed by atoms with Crippen LogP contribution in [0.15, 0.2) is 33.3 Å². The van der Waals surface area contributed by atoms with Crippen LogP contribution in [0.1, 0.15) is 30.6 Å². The summed E-state index contributed by atoms with van der Waals surface area (Å²) in [6.45, 7) is 2.52. The van der Waals surface area contributed by atoms with Crippen LogP contribution in [0.2, 0.25) is 0 Å². The minimum Gasteiger partial charge on any atom is -0.370 e. The number of nitrogens with zero attached hydrogens (tertiary/aromatic N) is 4. The highest BCUT2D eigenvalue weighted by atomic mass is 16.5. The number of hydrogen-bond donors (Lipinski definition) is 0. The Labute approximate surface area is 126 Å². The predicted octanol–water partition coefficient (Wildman–Crippen LogP) is 2.95. The quantitative estimate of drug-likeness (QED) is 0.734. The van der Waals surface area contributed by atoms with Crippen molar-refractivity contribution in [2.24, 2.45) is 0 Å². The van der Waals surface area contributed by atoms with Crippen molar-refractivity contribution in [2.75, 3.05) is 6.61 Å². The first kappa shape index (κ1) is 13.1. The average Bonchev–Trinajstić information content (AvgIpc) is 3.28. The standard InChI is InChI=1S/C15H14N4O3/c1-9-16-14(21-18-9)10-5-2-3-6-11(10)15-17-13(19-22-15)12-7-4-8-20-12/h2-3,5-6,12H,4,7-8H2,1H3. The molecule has 7 nitrogen and oxygen atoms in total. The van der Waals surface area contributed by atoms with Crippen LogP contribution in [0.5, 0.6) is 0 Å². The molecule has 112 valence electrons. The minimum atomic E-state index is -0.0738. The number of ether oxygens (including phenoxy) is 1. The summed E-state index contributed by atoms with van der Waals surface area (Å²) < 4.78 is 16.2. The molecule has 1 aromatic carbocycles. The van der Waals surface area contributed by atoms with Crippen molar-refractivity contribution in [3.05, 3.63) is 35.9 Å². The molecule has 3 heterocycles. The molecular formula is C15H14N4O3. The molecule has 0 aliphatic carbocycles. The first-order valence-corrected chi connectivity index (χ1v) is 7.16. The fourth-order valence-electron chi connectivity index (χ4n) is 2.52. The minimum absolute atomic E-state index is 0.0738. The Balaban J connectivity index is 1.73. The third-order valence-corrected chi connectivity index (χ3v) is 3.57. The molecule has 0 saturated carbocycles. The van der Waals surface area contributed by atoms with Crippen LogP contribution in [0.3, 0.4) is 0 Å². The number of aryl methyl sites for hydroxylation is 1. The van der Waals surface area contributed by atoms with Gasteiger partial charge in [-0.15, -0.1) is 0 Å². The maximum atomic E-state index is 5.58. The van der Waals surface area contributed by atoms with Crippen molar-refractivity contribution in [3.63, 3.8) is 0 Å². The molecule has 0 amide bonds. The number of aromatic nitrogens is 4. The SMILES string of the molecule is Cc1noc(-c2ccccc2-c2nc(C3CCCO3)no2)n1. The molecular weight excluding hydrogens is 284 g/mol. The van der Waals surface area contributed by atoms with E-state index in [-0.39, 0.29) is 6.10 Å². The van der Waals surface area contributed by atoms with Gasteiger partial charge in [-0.1, -0.05) is 22.4 Å². The molecule has 0 spiro atoms. The molecule has 1 unspecified atom stereocenters. The summed E-state index contributed by atoms with van der Waals surface area (Å²) in [5.41, 5.74) is 1.54. The Morgan fingerprint density at radius 3 is 2.36 bits per heavy atom. The molecule has 1 fully saturated rings. The van der Waals surface area contributed by atoms with E-state index in [0.717, 1.165) is 30.6 Å². The number of rotatable bonds is 3. The normalized spacial score (nSPS) is 18.0. The first-order valence-electron chi connectivity index (χ1n) is 7.16. The predicted molar refractivity (Wildman–Crippen MR) is 75.7 cm³/mol. The van der Waals surface area contributed by atoms with Crippen molar-refractivity contribution in [1.82, 2.24) is 20.3 Å². The van der Waals surface area contributed by atoms with Crippen molar-refractivity contribution in [3.8, 4) is 22.9 Å². The fraction of sp³-hybridized carbons (Fsp3) is 0.333. The highest BCUT2D eigenvalue weighted by Gasteiger charge is 2.24. The van der Waals surface area contributed by atoms with Crippen molar-refractivity contribution < 1.29 is 13.8 Å². The highest BCUT2D eigenvalue weighted by Crippen LogP contribution is 2.32. The second-order valence-corrected chi connectivity index (χ2v) is 5.15. The van der Waals surface area contributed by atoms with Crippen molar-refractivity contribution in [2.45, 2.75) is 25.9 Å². The van der Waals surface area contributed by atoms with Gasteiger partial charge in [0.2, 0.25) is 5.82 Å². The first-order chi connectivity index (χ1) is 10.8. The van der Waals surface area contributed by atoms with E-state index < -0.39 is 0 Å². The summed E-state index contributed by atoms with van der Waals surface area (Å²) in [6.07, 6.45) is 1.87. The van der Waals surface area contributed by atoms with Crippen LogP contribution in [0, 0.1) is 6.92 Å². The lowest BCUT2D eigenvalue weighted by molar-refractivity contribution is 0.103. The van der Waals surface area contributed by atoms with Crippen LogP contribution in [0.4, 0.5) is 0 Å². The molecule has 4 rings (SSSR count). The van der Waals surface area contributed by atoms with Gasteiger partial charge in [-0.25, -0.2) is 0 Å².